The van der Waals surface area contributed by atoms with Crippen LogP contribution < -0.4 is 10.1 Å². The number of nitrogens with one attached hydrogen (secondary N) is 1. The van der Waals surface area contributed by atoms with E-state index in [-0.39, 0.29) is 17.7 Å². The molecule has 2 aromatic carbocycles. The highest BCUT2D eigenvalue weighted by Gasteiger charge is 2.12. The van der Waals surface area contributed by atoms with Crippen LogP contribution in [0.4, 0.5) is 10.5 Å². The van der Waals surface area contributed by atoms with Gasteiger partial charge in [0.1, 0.15) is 17.2 Å². The molecule has 0 saturated heterocycles. The number of carbonyl (C=O) groups is 1. The van der Waals surface area contributed by atoms with Gasteiger partial charge in [0.2, 0.25) is 0 Å². The number of phenols is 1. The number of hydrogen-bond acceptors (Lipinski definition) is 3. The van der Waals surface area contributed by atoms with Gasteiger partial charge in [-0.1, -0.05) is 13.8 Å². The van der Waals surface area contributed by atoms with Crippen molar-refractivity contribution in [3.63, 3.8) is 0 Å². The van der Waals surface area contributed by atoms with E-state index >= 15 is 0 Å². The summed E-state index contributed by atoms with van der Waals surface area (Å²) in [5.74, 6) is 1.91. The second-order valence-electron chi connectivity index (χ2n) is 6.74. The minimum Gasteiger partial charge on any atom is -0.508 e. The molecule has 0 radical (unpaired) electrons. The molecule has 0 aliphatic carbocycles. The number of urea groups is 1. The summed E-state index contributed by atoms with van der Waals surface area (Å²) in [6, 6.07) is 8.86. The van der Waals surface area contributed by atoms with E-state index in [4.69, 9.17) is 4.74 Å². The molecule has 25 heavy (non-hydrogen) atoms. The Morgan fingerprint density at radius 3 is 2.24 bits per heavy atom. The average Bonchev–Trinajstić information content (AvgIpc) is 2.52. The van der Waals surface area contributed by atoms with E-state index < -0.39 is 0 Å². The van der Waals surface area contributed by atoms with Crippen molar-refractivity contribution in [1.29, 1.82) is 0 Å². The standard InChI is InChI=1S/C20H26N2O3/c1-12(2)17-11-16(7-8-18(17)23)25-19-13(3)9-15(10-14(19)4)21-20(24)22(5)6/h7-12,23H,1-6H3,(H,21,24). The Morgan fingerprint density at radius 2 is 1.72 bits per heavy atom. The third-order valence-corrected chi connectivity index (χ3v) is 3.96. The fraction of sp³-hybridized carbons (Fsp3) is 0.350. The normalized spacial score (nSPS) is 10.7. The number of nitrogens with zero attached hydrogens (tertiary/aromatic N) is 1. The third kappa shape index (κ3) is 4.44. The van der Waals surface area contributed by atoms with Gasteiger partial charge in [-0.25, -0.2) is 4.79 Å². The number of amides is 2. The van der Waals surface area contributed by atoms with E-state index in [1.807, 2.05) is 45.9 Å². The lowest BCUT2D eigenvalue weighted by molar-refractivity contribution is 0.230. The van der Waals surface area contributed by atoms with Crippen LogP contribution >= 0.6 is 0 Å². The highest BCUT2D eigenvalue weighted by Crippen LogP contribution is 2.35. The smallest absolute Gasteiger partial charge is 0.321 e. The van der Waals surface area contributed by atoms with Crippen molar-refractivity contribution < 1.29 is 14.6 Å². The molecule has 2 N–H and O–H groups in total. The van der Waals surface area contributed by atoms with E-state index in [9.17, 15) is 9.90 Å². The summed E-state index contributed by atoms with van der Waals surface area (Å²) >= 11 is 0. The molecule has 134 valence electrons. The molecule has 0 aromatic heterocycles. The fourth-order valence-electron chi connectivity index (χ4n) is 2.60. The number of rotatable bonds is 4. The molecular weight excluding hydrogens is 316 g/mol. The number of aromatic hydroxyl groups is 1. The summed E-state index contributed by atoms with van der Waals surface area (Å²) in [5.41, 5.74) is 3.43. The van der Waals surface area contributed by atoms with E-state index in [0.717, 1.165) is 28.1 Å². The number of aryl methyl sites for hydroxylation is 2. The van der Waals surface area contributed by atoms with Gasteiger partial charge in [-0.05, 0) is 61.2 Å². The van der Waals surface area contributed by atoms with Crippen molar-refractivity contribution in [3.05, 3.63) is 47.0 Å². The molecule has 5 heteroatoms. The van der Waals surface area contributed by atoms with E-state index in [2.05, 4.69) is 5.32 Å². The molecule has 0 saturated carbocycles. The van der Waals surface area contributed by atoms with Crippen LogP contribution in [0.3, 0.4) is 0 Å². The first-order valence-electron chi connectivity index (χ1n) is 8.29. The van der Waals surface area contributed by atoms with Gasteiger partial charge in [0.25, 0.3) is 0 Å². The summed E-state index contributed by atoms with van der Waals surface area (Å²) in [7, 11) is 3.40. The first-order chi connectivity index (χ1) is 11.7. The van der Waals surface area contributed by atoms with Crippen molar-refractivity contribution in [1.82, 2.24) is 4.90 Å². The predicted octanol–water partition coefficient (Wildman–Crippen LogP) is 5.02. The maximum absolute atomic E-state index is 11.8. The second kappa shape index (κ2) is 7.47. The highest BCUT2D eigenvalue weighted by atomic mass is 16.5. The summed E-state index contributed by atoms with van der Waals surface area (Å²) in [5, 5.41) is 12.8. The van der Waals surface area contributed by atoms with Gasteiger partial charge >= 0.3 is 6.03 Å². The zero-order valence-electron chi connectivity index (χ0n) is 15.7. The van der Waals surface area contributed by atoms with Crippen LogP contribution in [0.5, 0.6) is 17.2 Å². The van der Waals surface area contributed by atoms with Crippen molar-refractivity contribution >= 4 is 11.7 Å². The molecule has 2 amide bonds. The molecular formula is C20H26N2O3. The third-order valence-electron chi connectivity index (χ3n) is 3.96. The Kier molecular flexibility index (Phi) is 5.57. The molecule has 0 bridgehead atoms. The van der Waals surface area contributed by atoms with Crippen LogP contribution in [0.1, 0.15) is 36.5 Å². The summed E-state index contributed by atoms with van der Waals surface area (Å²) < 4.78 is 6.06. The quantitative estimate of drug-likeness (QED) is 0.820. The highest BCUT2D eigenvalue weighted by molar-refractivity contribution is 5.89. The van der Waals surface area contributed by atoms with E-state index in [0.29, 0.717) is 5.75 Å². The lowest BCUT2D eigenvalue weighted by Gasteiger charge is -2.17. The van der Waals surface area contributed by atoms with Crippen molar-refractivity contribution in [3.8, 4) is 17.2 Å². The number of phenolic OH excluding ortho intramolecular Hbond substituents is 1. The summed E-state index contributed by atoms with van der Waals surface area (Å²) in [4.78, 5) is 13.3. The molecule has 0 fully saturated rings. The number of benzene rings is 2. The van der Waals surface area contributed by atoms with Crippen LogP contribution in [0.25, 0.3) is 0 Å². The summed E-state index contributed by atoms with van der Waals surface area (Å²) in [6.07, 6.45) is 0. The zero-order chi connectivity index (χ0) is 18.7. The predicted molar refractivity (Wildman–Crippen MR) is 101 cm³/mol. The van der Waals surface area contributed by atoms with Crippen LogP contribution in [0.15, 0.2) is 30.3 Å². The Balaban J connectivity index is 2.29. The molecule has 0 aliphatic heterocycles. The van der Waals surface area contributed by atoms with Crippen molar-refractivity contribution in [2.75, 3.05) is 19.4 Å². The van der Waals surface area contributed by atoms with Gasteiger partial charge in [-0.15, -0.1) is 0 Å². The van der Waals surface area contributed by atoms with Gasteiger partial charge in [-0.2, -0.15) is 0 Å². The average molecular weight is 342 g/mol. The van der Waals surface area contributed by atoms with Gasteiger partial charge in [0, 0.05) is 25.3 Å². The fourth-order valence-corrected chi connectivity index (χ4v) is 2.60. The van der Waals surface area contributed by atoms with E-state index in [1.54, 1.807) is 26.2 Å². The van der Waals surface area contributed by atoms with Gasteiger partial charge < -0.3 is 20.1 Å². The van der Waals surface area contributed by atoms with E-state index in [1.165, 1.54) is 4.90 Å². The Hall–Kier alpha value is -2.69. The van der Waals surface area contributed by atoms with Crippen LogP contribution in [-0.4, -0.2) is 30.1 Å². The van der Waals surface area contributed by atoms with Crippen LogP contribution in [-0.2, 0) is 0 Å². The van der Waals surface area contributed by atoms with Gasteiger partial charge in [-0.3, -0.25) is 0 Å². The molecule has 2 aromatic rings. The van der Waals surface area contributed by atoms with Crippen molar-refractivity contribution in [2.45, 2.75) is 33.6 Å². The monoisotopic (exact) mass is 342 g/mol. The van der Waals surface area contributed by atoms with Crippen LogP contribution in [0, 0.1) is 13.8 Å². The molecule has 0 atom stereocenters. The summed E-state index contributed by atoms with van der Waals surface area (Å²) in [6.45, 7) is 7.93. The Labute approximate surface area is 149 Å². The minimum atomic E-state index is -0.174. The zero-order valence-corrected chi connectivity index (χ0v) is 15.7. The first-order valence-corrected chi connectivity index (χ1v) is 8.29. The Bertz CT molecular complexity index is 760. The molecule has 0 unspecified atom stereocenters. The maximum Gasteiger partial charge on any atom is 0.321 e. The topological polar surface area (TPSA) is 61.8 Å². The van der Waals surface area contributed by atoms with Gasteiger partial charge in [0.05, 0.1) is 0 Å². The van der Waals surface area contributed by atoms with Crippen LogP contribution in [0.2, 0.25) is 0 Å². The number of carbonyl (C=O) groups excluding carboxylic acids is 1. The Morgan fingerprint density at radius 1 is 1.12 bits per heavy atom. The second-order valence-corrected chi connectivity index (χ2v) is 6.74. The van der Waals surface area contributed by atoms with Gasteiger partial charge in [0.15, 0.2) is 0 Å². The molecule has 0 aliphatic rings. The SMILES string of the molecule is Cc1cc(NC(=O)N(C)C)cc(C)c1Oc1ccc(O)c(C(C)C)c1. The first kappa shape index (κ1) is 18.6. The number of hydrogen-bond donors (Lipinski definition) is 2. The number of ether oxygens (including phenoxy) is 1. The molecule has 0 spiro atoms. The minimum absolute atomic E-state index is 0.174. The lowest BCUT2D eigenvalue weighted by Crippen LogP contribution is -2.27. The molecule has 2 rings (SSSR count). The molecule has 5 nitrogen and oxygen atoms in total. The maximum atomic E-state index is 11.8. The molecule has 0 heterocycles. The largest absolute Gasteiger partial charge is 0.508 e. The van der Waals surface area contributed by atoms with Crippen molar-refractivity contribution in [2.24, 2.45) is 0 Å². The lowest BCUT2D eigenvalue weighted by atomic mass is 10.0. The number of anilines is 1.